The number of amides is 1. The summed E-state index contributed by atoms with van der Waals surface area (Å²) in [5.41, 5.74) is 1.24. The molecule has 2 aliphatic rings. The number of carbonyl (C=O) groups is 1. The van der Waals surface area contributed by atoms with Crippen LogP contribution in [0.5, 0.6) is 0 Å². The zero-order valence-electron chi connectivity index (χ0n) is 14.2. The Kier molecular flexibility index (Phi) is 5.34. The maximum atomic E-state index is 12.2. The van der Waals surface area contributed by atoms with E-state index in [2.05, 4.69) is 36.5 Å². The van der Waals surface area contributed by atoms with Crippen LogP contribution in [0.25, 0.3) is 0 Å². The standard InChI is InChI=1S/C19H28N2O2/c1-14(15-8-10-23-11-9-15)20-13-17-12-18(22)21(2)19(17)16-6-4-3-5-7-16/h3-7,14-15,17,19-20H,8-13H2,1-2H3. The largest absolute Gasteiger partial charge is 0.381 e. The number of rotatable bonds is 5. The van der Waals surface area contributed by atoms with E-state index >= 15 is 0 Å². The summed E-state index contributed by atoms with van der Waals surface area (Å²) in [5, 5.41) is 3.70. The molecule has 126 valence electrons. The monoisotopic (exact) mass is 316 g/mol. The third kappa shape index (κ3) is 3.75. The van der Waals surface area contributed by atoms with Gasteiger partial charge in [-0.3, -0.25) is 4.79 Å². The fourth-order valence-electron chi connectivity index (χ4n) is 4.00. The van der Waals surface area contributed by atoms with Gasteiger partial charge in [0.25, 0.3) is 0 Å². The summed E-state index contributed by atoms with van der Waals surface area (Å²) >= 11 is 0. The second-order valence-electron chi connectivity index (χ2n) is 6.97. The van der Waals surface area contributed by atoms with Gasteiger partial charge >= 0.3 is 0 Å². The Bertz CT molecular complexity index is 513. The van der Waals surface area contributed by atoms with Crippen LogP contribution < -0.4 is 5.32 Å². The molecule has 3 rings (SSSR count). The number of nitrogens with one attached hydrogen (secondary N) is 1. The summed E-state index contributed by atoms with van der Waals surface area (Å²) in [6.07, 6.45) is 2.92. The minimum absolute atomic E-state index is 0.193. The molecule has 0 bridgehead atoms. The predicted octanol–water partition coefficient (Wildman–Crippen LogP) is 2.61. The van der Waals surface area contributed by atoms with Crippen LogP contribution >= 0.6 is 0 Å². The zero-order chi connectivity index (χ0) is 16.2. The van der Waals surface area contributed by atoms with Gasteiger partial charge in [-0.05, 0) is 31.2 Å². The molecule has 2 saturated heterocycles. The predicted molar refractivity (Wildman–Crippen MR) is 91.1 cm³/mol. The van der Waals surface area contributed by atoms with Crippen LogP contribution in [0.1, 0.15) is 37.8 Å². The molecule has 0 radical (unpaired) electrons. The number of benzene rings is 1. The number of carbonyl (C=O) groups excluding carboxylic acids is 1. The van der Waals surface area contributed by atoms with Crippen LogP contribution in [0.15, 0.2) is 30.3 Å². The number of nitrogens with zero attached hydrogens (tertiary/aromatic N) is 1. The fraction of sp³-hybridized carbons (Fsp3) is 0.632. The van der Waals surface area contributed by atoms with Gasteiger partial charge in [0, 0.05) is 45.2 Å². The number of hydrogen-bond donors (Lipinski definition) is 1. The van der Waals surface area contributed by atoms with E-state index < -0.39 is 0 Å². The van der Waals surface area contributed by atoms with E-state index in [-0.39, 0.29) is 11.9 Å². The van der Waals surface area contributed by atoms with Gasteiger partial charge in [0.1, 0.15) is 0 Å². The summed E-state index contributed by atoms with van der Waals surface area (Å²) in [7, 11) is 1.93. The van der Waals surface area contributed by atoms with Crippen molar-refractivity contribution in [2.45, 2.75) is 38.3 Å². The third-order valence-electron chi connectivity index (χ3n) is 5.51. The van der Waals surface area contributed by atoms with Crippen LogP contribution in [-0.2, 0) is 9.53 Å². The first kappa shape index (κ1) is 16.5. The fourth-order valence-corrected chi connectivity index (χ4v) is 4.00. The first-order valence-electron chi connectivity index (χ1n) is 8.78. The average molecular weight is 316 g/mol. The molecule has 2 fully saturated rings. The van der Waals surface area contributed by atoms with Gasteiger partial charge in [-0.2, -0.15) is 0 Å². The molecular formula is C19H28N2O2. The van der Waals surface area contributed by atoms with Gasteiger partial charge in [0.05, 0.1) is 6.04 Å². The van der Waals surface area contributed by atoms with Crippen LogP contribution in [0.4, 0.5) is 0 Å². The molecule has 0 saturated carbocycles. The Morgan fingerprint density at radius 1 is 1.26 bits per heavy atom. The normalized spacial score (nSPS) is 27.4. The second kappa shape index (κ2) is 7.45. The van der Waals surface area contributed by atoms with Crippen LogP contribution in [-0.4, -0.2) is 43.7 Å². The molecule has 2 heterocycles. The zero-order valence-corrected chi connectivity index (χ0v) is 14.2. The summed E-state index contributed by atoms with van der Waals surface area (Å²) in [6, 6.07) is 11.1. The van der Waals surface area contributed by atoms with Crippen molar-refractivity contribution in [3.63, 3.8) is 0 Å². The molecule has 1 aromatic carbocycles. The van der Waals surface area contributed by atoms with Crippen molar-refractivity contribution in [1.82, 2.24) is 10.2 Å². The van der Waals surface area contributed by atoms with Crippen molar-refractivity contribution in [3.8, 4) is 0 Å². The van der Waals surface area contributed by atoms with Crippen LogP contribution in [0.3, 0.4) is 0 Å². The molecule has 2 aliphatic heterocycles. The highest BCUT2D eigenvalue weighted by Crippen LogP contribution is 2.36. The minimum Gasteiger partial charge on any atom is -0.381 e. The molecule has 1 amide bonds. The molecular weight excluding hydrogens is 288 g/mol. The van der Waals surface area contributed by atoms with Crippen LogP contribution in [0.2, 0.25) is 0 Å². The summed E-state index contributed by atoms with van der Waals surface area (Å²) in [4.78, 5) is 14.1. The molecule has 4 nitrogen and oxygen atoms in total. The molecule has 23 heavy (non-hydrogen) atoms. The van der Waals surface area contributed by atoms with Gasteiger partial charge in [-0.15, -0.1) is 0 Å². The summed E-state index contributed by atoms with van der Waals surface area (Å²) in [5.74, 6) is 1.29. The topological polar surface area (TPSA) is 41.6 Å². The molecule has 1 N–H and O–H groups in total. The van der Waals surface area contributed by atoms with E-state index in [1.807, 2.05) is 18.0 Å². The number of likely N-dealkylation sites (tertiary alicyclic amines) is 1. The van der Waals surface area contributed by atoms with Crippen molar-refractivity contribution >= 4 is 5.91 Å². The Morgan fingerprint density at radius 3 is 2.65 bits per heavy atom. The highest BCUT2D eigenvalue weighted by molar-refractivity contribution is 5.79. The van der Waals surface area contributed by atoms with E-state index in [9.17, 15) is 4.79 Å². The Balaban J connectivity index is 1.62. The summed E-state index contributed by atoms with van der Waals surface area (Å²) in [6.45, 7) is 4.93. The minimum atomic E-state index is 0.193. The third-order valence-corrected chi connectivity index (χ3v) is 5.51. The van der Waals surface area contributed by atoms with E-state index in [0.717, 1.165) is 32.6 Å². The van der Waals surface area contributed by atoms with Crippen molar-refractivity contribution in [1.29, 1.82) is 0 Å². The highest BCUT2D eigenvalue weighted by Gasteiger charge is 2.38. The molecule has 4 heteroatoms. The maximum Gasteiger partial charge on any atom is 0.223 e. The van der Waals surface area contributed by atoms with Crippen LogP contribution in [0, 0.1) is 11.8 Å². The van der Waals surface area contributed by atoms with Gasteiger partial charge in [-0.25, -0.2) is 0 Å². The smallest absolute Gasteiger partial charge is 0.223 e. The van der Waals surface area contributed by atoms with E-state index in [4.69, 9.17) is 4.74 Å². The maximum absolute atomic E-state index is 12.2. The lowest BCUT2D eigenvalue weighted by atomic mass is 9.90. The average Bonchev–Trinajstić information content (AvgIpc) is 2.88. The van der Waals surface area contributed by atoms with E-state index in [1.165, 1.54) is 5.56 Å². The Hall–Kier alpha value is -1.39. The lowest BCUT2D eigenvalue weighted by Crippen LogP contribution is -2.40. The van der Waals surface area contributed by atoms with Crippen molar-refractivity contribution < 1.29 is 9.53 Å². The Morgan fingerprint density at radius 2 is 1.96 bits per heavy atom. The lowest BCUT2D eigenvalue weighted by Gasteiger charge is -2.31. The van der Waals surface area contributed by atoms with E-state index in [1.54, 1.807) is 0 Å². The van der Waals surface area contributed by atoms with Gasteiger partial charge in [0.2, 0.25) is 5.91 Å². The molecule has 3 unspecified atom stereocenters. The quantitative estimate of drug-likeness (QED) is 0.908. The van der Waals surface area contributed by atoms with Gasteiger partial charge in [0.15, 0.2) is 0 Å². The molecule has 0 aromatic heterocycles. The molecule has 0 aliphatic carbocycles. The number of ether oxygens (including phenoxy) is 1. The molecule has 0 spiro atoms. The SMILES string of the molecule is CC(NCC1CC(=O)N(C)C1c1ccccc1)C1CCOCC1. The first-order chi connectivity index (χ1) is 11.2. The molecule has 1 aromatic rings. The van der Waals surface area contributed by atoms with Crippen molar-refractivity contribution in [2.24, 2.45) is 11.8 Å². The van der Waals surface area contributed by atoms with E-state index in [0.29, 0.717) is 24.3 Å². The second-order valence-corrected chi connectivity index (χ2v) is 6.97. The van der Waals surface area contributed by atoms with Gasteiger partial charge < -0.3 is 15.0 Å². The Labute approximate surface area is 139 Å². The lowest BCUT2D eigenvalue weighted by molar-refractivity contribution is -0.127. The van der Waals surface area contributed by atoms with Crippen molar-refractivity contribution in [2.75, 3.05) is 26.8 Å². The highest BCUT2D eigenvalue weighted by atomic mass is 16.5. The van der Waals surface area contributed by atoms with Gasteiger partial charge in [-0.1, -0.05) is 30.3 Å². The summed E-state index contributed by atoms with van der Waals surface area (Å²) < 4.78 is 5.45. The molecule has 3 atom stereocenters. The van der Waals surface area contributed by atoms with Crippen molar-refractivity contribution in [3.05, 3.63) is 35.9 Å². The number of hydrogen-bond acceptors (Lipinski definition) is 3. The first-order valence-corrected chi connectivity index (χ1v) is 8.78.